The highest BCUT2D eigenvalue weighted by molar-refractivity contribution is 6.27. The lowest BCUT2D eigenvalue weighted by Gasteiger charge is -2.09. The molecule has 186 valence electrons. The summed E-state index contributed by atoms with van der Waals surface area (Å²) in [5.74, 6) is 8.14. The molecule has 38 heavy (non-hydrogen) atoms. The van der Waals surface area contributed by atoms with Crippen LogP contribution in [0.1, 0.15) is 11.6 Å². The average Bonchev–Trinajstić information content (AvgIpc) is 3.57. The summed E-state index contributed by atoms with van der Waals surface area (Å²) in [4.78, 5) is 8.33. The number of halogens is 1. The number of hydrogen-bond donors (Lipinski definition) is 0. The summed E-state index contributed by atoms with van der Waals surface area (Å²) >= 11 is 5.60. The van der Waals surface area contributed by atoms with Gasteiger partial charge in [0.05, 0.1) is 17.6 Å². The molecule has 2 aromatic carbocycles. The summed E-state index contributed by atoms with van der Waals surface area (Å²) in [7, 11) is 0. The number of fused-ring (bicyclic) bond motifs is 2. The van der Waals surface area contributed by atoms with Gasteiger partial charge in [0, 0.05) is 23.2 Å². The molecule has 0 aliphatic rings. The minimum atomic E-state index is -0.00581. The number of rotatable bonds is 7. The zero-order chi connectivity index (χ0) is 25.7. The summed E-state index contributed by atoms with van der Waals surface area (Å²) in [6.07, 6.45) is 2.01. The molecule has 0 amide bonds. The summed E-state index contributed by atoms with van der Waals surface area (Å²) in [6, 6.07) is 21.1. The molecule has 0 unspecified atom stereocenters. The van der Waals surface area contributed by atoms with Gasteiger partial charge in [-0.25, -0.2) is 0 Å². The van der Waals surface area contributed by atoms with Crippen LogP contribution in [0.5, 0.6) is 11.5 Å². The first-order valence-corrected chi connectivity index (χ1v) is 12.0. The van der Waals surface area contributed by atoms with Crippen molar-refractivity contribution in [2.45, 2.75) is 13.0 Å². The molecule has 4 heterocycles. The van der Waals surface area contributed by atoms with Crippen LogP contribution in [-0.4, -0.2) is 41.5 Å². The standard InChI is InChI=1S/C27H18ClN7O3/c28-27-30-24(34-38-27)8-4-5-15-36-19-9-10-20-22(16-19)29-14-13-23(20)37-17-26-32-31-25-12-11-21(33-35(25)26)18-6-2-1-3-7-18/h1-3,6-7,9-14,16H,8,15,17H2. The van der Waals surface area contributed by atoms with Crippen LogP contribution in [0.3, 0.4) is 0 Å². The third-order valence-electron chi connectivity index (χ3n) is 5.55. The number of hydrogen-bond acceptors (Lipinski definition) is 9. The Labute approximate surface area is 221 Å². The van der Waals surface area contributed by atoms with Crippen molar-refractivity contribution in [2.75, 3.05) is 6.61 Å². The van der Waals surface area contributed by atoms with E-state index in [2.05, 4.69) is 37.2 Å². The number of ether oxygens (including phenoxy) is 2. The molecule has 0 radical (unpaired) electrons. The summed E-state index contributed by atoms with van der Waals surface area (Å²) in [5.41, 5.74) is 3.21. The van der Waals surface area contributed by atoms with E-state index >= 15 is 0 Å². The Bertz CT molecular complexity index is 1790. The Balaban J connectivity index is 1.14. The van der Waals surface area contributed by atoms with E-state index in [1.165, 1.54) is 0 Å². The van der Waals surface area contributed by atoms with Crippen molar-refractivity contribution in [3.63, 3.8) is 0 Å². The van der Waals surface area contributed by atoms with Crippen molar-refractivity contribution in [3.05, 3.63) is 89.9 Å². The Morgan fingerprint density at radius 3 is 2.74 bits per heavy atom. The fraction of sp³-hybridized carbons (Fsp3) is 0.111. The normalized spacial score (nSPS) is 10.9. The van der Waals surface area contributed by atoms with E-state index in [0.717, 1.165) is 22.2 Å². The van der Waals surface area contributed by atoms with Crippen molar-refractivity contribution >= 4 is 28.2 Å². The molecule has 6 aromatic rings. The van der Waals surface area contributed by atoms with Gasteiger partial charge in [0.2, 0.25) is 0 Å². The maximum absolute atomic E-state index is 6.12. The van der Waals surface area contributed by atoms with Crippen LogP contribution in [0, 0.1) is 11.8 Å². The van der Waals surface area contributed by atoms with E-state index in [1.807, 2.05) is 66.7 Å². The van der Waals surface area contributed by atoms with Gasteiger partial charge in [-0.2, -0.15) is 14.6 Å². The fourth-order valence-corrected chi connectivity index (χ4v) is 3.89. The number of pyridine rings is 1. The Morgan fingerprint density at radius 2 is 1.87 bits per heavy atom. The van der Waals surface area contributed by atoms with Crippen molar-refractivity contribution in [1.82, 2.24) is 34.9 Å². The van der Waals surface area contributed by atoms with Gasteiger partial charge in [-0.05, 0) is 41.9 Å². The lowest BCUT2D eigenvalue weighted by atomic mass is 10.1. The predicted molar refractivity (Wildman–Crippen MR) is 139 cm³/mol. The molecule has 6 rings (SSSR count). The molecule has 0 fully saturated rings. The van der Waals surface area contributed by atoms with Crippen molar-refractivity contribution in [3.8, 4) is 34.6 Å². The molecule has 0 saturated heterocycles. The zero-order valence-electron chi connectivity index (χ0n) is 19.8. The Morgan fingerprint density at radius 1 is 0.947 bits per heavy atom. The van der Waals surface area contributed by atoms with Gasteiger partial charge in [0.15, 0.2) is 17.3 Å². The van der Waals surface area contributed by atoms with E-state index in [4.69, 9.17) is 30.7 Å². The molecule has 0 atom stereocenters. The molecule has 0 saturated carbocycles. The SMILES string of the molecule is Clc1nc(CC#CCOc2ccc3c(OCc4nnc5ccc(-c6ccccc6)nn45)ccnc3c2)no1. The molecule has 11 heteroatoms. The lowest BCUT2D eigenvalue weighted by molar-refractivity contribution is 0.296. The predicted octanol–water partition coefficient (Wildman–Crippen LogP) is 4.58. The highest BCUT2D eigenvalue weighted by Crippen LogP contribution is 2.28. The number of benzene rings is 2. The maximum Gasteiger partial charge on any atom is 0.320 e. The van der Waals surface area contributed by atoms with Gasteiger partial charge < -0.3 is 14.0 Å². The molecule has 0 N–H and O–H groups in total. The van der Waals surface area contributed by atoms with Crippen LogP contribution < -0.4 is 9.47 Å². The van der Waals surface area contributed by atoms with Crippen molar-refractivity contribution in [2.24, 2.45) is 0 Å². The zero-order valence-corrected chi connectivity index (χ0v) is 20.5. The van der Waals surface area contributed by atoms with E-state index in [1.54, 1.807) is 10.7 Å². The van der Waals surface area contributed by atoms with Gasteiger partial charge in [0.1, 0.15) is 24.7 Å². The molecule has 10 nitrogen and oxygen atoms in total. The van der Waals surface area contributed by atoms with Gasteiger partial charge >= 0.3 is 5.35 Å². The van der Waals surface area contributed by atoms with E-state index in [0.29, 0.717) is 35.2 Å². The lowest BCUT2D eigenvalue weighted by Crippen LogP contribution is -2.05. The smallest absolute Gasteiger partial charge is 0.320 e. The number of aromatic nitrogens is 7. The third-order valence-corrected chi connectivity index (χ3v) is 5.71. The first kappa shape index (κ1) is 23.4. The molecule has 0 bridgehead atoms. The van der Waals surface area contributed by atoms with E-state index < -0.39 is 0 Å². The summed E-state index contributed by atoms with van der Waals surface area (Å²) in [6.45, 7) is 0.385. The van der Waals surface area contributed by atoms with Crippen LogP contribution in [0.2, 0.25) is 5.35 Å². The highest BCUT2D eigenvalue weighted by Gasteiger charge is 2.11. The van der Waals surface area contributed by atoms with Gasteiger partial charge in [-0.1, -0.05) is 47.3 Å². The van der Waals surface area contributed by atoms with Crippen molar-refractivity contribution < 1.29 is 14.0 Å². The molecular weight excluding hydrogens is 506 g/mol. The van der Waals surface area contributed by atoms with Crippen LogP contribution in [0.15, 0.2) is 77.4 Å². The second kappa shape index (κ2) is 10.5. The van der Waals surface area contributed by atoms with Gasteiger partial charge in [-0.15, -0.1) is 10.2 Å². The average molecular weight is 524 g/mol. The largest absolute Gasteiger partial charge is 0.485 e. The molecule has 0 aliphatic carbocycles. The number of nitrogens with zero attached hydrogens (tertiary/aromatic N) is 7. The molecule has 0 spiro atoms. The minimum Gasteiger partial charge on any atom is -0.485 e. The van der Waals surface area contributed by atoms with Gasteiger partial charge in [-0.3, -0.25) is 4.98 Å². The van der Waals surface area contributed by atoms with E-state index in [-0.39, 0.29) is 18.6 Å². The quantitative estimate of drug-likeness (QED) is 0.277. The molecular formula is C27H18ClN7O3. The fourth-order valence-electron chi connectivity index (χ4n) is 3.76. The van der Waals surface area contributed by atoms with Crippen molar-refractivity contribution in [1.29, 1.82) is 0 Å². The molecule has 0 aliphatic heterocycles. The monoisotopic (exact) mass is 523 g/mol. The maximum atomic E-state index is 6.12. The Kier molecular flexibility index (Phi) is 6.49. The third kappa shape index (κ3) is 5.09. The van der Waals surface area contributed by atoms with E-state index in [9.17, 15) is 0 Å². The van der Waals surface area contributed by atoms with Crippen LogP contribution in [0.4, 0.5) is 0 Å². The van der Waals surface area contributed by atoms with Gasteiger partial charge in [0.25, 0.3) is 0 Å². The van der Waals surface area contributed by atoms with Crippen LogP contribution in [-0.2, 0) is 13.0 Å². The van der Waals surface area contributed by atoms with Crippen LogP contribution >= 0.6 is 11.6 Å². The highest BCUT2D eigenvalue weighted by atomic mass is 35.5. The van der Waals surface area contributed by atoms with Crippen LogP contribution in [0.25, 0.3) is 27.8 Å². The minimum absolute atomic E-state index is 0.00581. The Hall–Kier alpha value is -5.01. The topological polar surface area (TPSA) is 113 Å². The second-order valence-electron chi connectivity index (χ2n) is 8.03. The first-order chi connectivity index (χ1) is 18.7. The summed E-state index contributed by atoms with van der Waals surface area (Å²) in [5, 5.41) is 17.7. The second-order valence-corrected chi connectivity index (χ2v) is 8.35. The molecule has 4 aromatic heterocycles. The summed E-state index contributed by atoms with van der Waals surface area (Å²) < 4.78 is 18.3. The first-order valence-electron chi connectivity index (χ1n) is 11.6.